The number of aromatic nitrogens is 1. The minimum Gasteiger partial charge on any atom is -0.467 e. The fourth-order valence-corrected chi connectivity index (χ4v) is 7.84. The van der Waals surface area contributed by atoms with Crippen molar-refractivity contribution in [2.24, 2.45) is 0 Å². The first kappa shape index (κ1) is 40.8. The predicted molar refractivity (Wildman–Crippen MR) is 189 cm³/mol. The number of pyridine rings is 1. The van der Waals surface area contributed by atoms with Gasteiger partial charge in [0, 0.05) is 23.4 Å². The molecule has 1 aromatic heterocycles. The van der Waals surface area contributed by atoms with E-state index in [2.05, 4.69) is 9.71 Å². The van der Waals surface area contributed by atoms with Crippen LogP contribution in [0.25, 0.3) is 0 Å². The number of cyclic esters (lactones) is 1. The second-order valence-electron chi connectivity index (χ2n) is 13.2. The largest absolute Gasteiger partial charge is 0.467 e. The predicted octanol–water partition coefficient (Wildman–Crippen LogP) is 5.10. The smallest absolute Gasteiger partial charge is 0.433 e. The molecule has 0 radical (unpaired) electrons. The lowest BCUT2D eigenvalue weighted by molar-refractivity contribution is -0.237. The van der Waals surface area contributed by atoms with Gasteiger partial charge in [0.1, 0.15) is 40.6 Å². The third kappa shape index (κ3) is 9.12. The number of aliphatic hydroxyl groups excluding tert-OH is 2. The number of ether oxygens (including phenoxy) is 4. The number of alkyl halides is 3. The molecule has 0 saturated carbocycles. The lowest BCUT2D eigenvalue weighted by Gasteiger charge is -2.46. The summed E-state index contributed by atoms with van der Waals surface area (Å²) in [6.45, 7) is 3.48. The molecule has 0 spiro atoms. The number of hydrogen-bond acceptors (Lipinski definition) is 11. The number of halogens is 3. The number of aryl methyl sites for hydroxylation is 1. The summed E-state index contributed by atoms with van der Waals surface area (Å²) in [5.41, 5.74) is -0.634. The molecule has 2 aromatic carbocycles. The molecule has 292 valence electrons. The Kier molecular flexibility index (Phi) is 12.8. The van der Waals surface area contributed by atoms with Gasteiger partial charge in [0.15, 0.2) is 6.10 Å². The van der Waals surface area contributed by atoms with Gasteiger partial charge in [0.2, 0.25) is 0 Å². The molecule has 0 amide bonds. The van der Waals surface area contributed by atoms with Gasteiger partial charge < -0.3 is 29.2 Å². The van der Waals surface area contributed by atoms with Crippen LogP contribution in [0.2, 0.25) is 0 Å². The minimum absolute atomic E-state index is 0.0863. The summed E-state index contributed by atoms with van der Waals surface area (Å²) in [6, 6.07) is 17.2. The number of methoxy groups -OCH3 is 1. The maximum absolute atomic E-state index is 14.1. The number of sulfonamides is 1. The molecule has 2 aliphatic rings. The van der Waals surface area contributed by atoms with Crippen LogP contribution in [-0.2, 0) is 51.2 Å². The number of carbonyl (C=O) groups is 2. The molecule has 16 heteroatoms. The minimum atomic E-state index is -4.74. The topological polar surface area (TPSA) is 171 Å². The van der Waals surface area contributed by atoms with Crippen molar-refractivity contribution in [1.29, 1.82) is 0 Å². The first-order chi connectivity index (χ1) is 25.6. The molecule has 1 unspecified atom stereocenters. The highest BCUT2D eigenvalue weighted by Crippen LogP contribution is 2.42. The molecule has 1 saturated heterocycles. The number of benzene rings is 2. The van der Waals surface area contributed by atoms with Crippen molar-refractivity contribution < 1.29 is 60.3 Å². The number of nitrogens with zero attached hydrogens (tertiary/aromatic N) is 1. The molecule has 0 bridgehead atoms. The molecule has 0 aliphatic carbocycles. The lowest BCUT2D eigenvalue weighted by Crippen LogP contribution is -2.60. The van der Waals surface area contributed by atoms with E-state index in [0.717, 1.165) is 18.7 Å². The summed E-state index contributed by atoms with van der Waals surface area (Å²) in [5.74, 6) is -2.11. The van der Waals surface area contributed by atoms with Gasteiger partial charge in [0.05, 0.1) is 13.7 Å². The first-order valence-corrected chi connectivity index (χ1v) is 19.0. The van der Waals surface area contributed by atoms with Crippen molar-refractivity contribution in [1.82, 2.24) is 4.98 Å². The Labute approximate surface area is 311 Å². The van der Waals surface area contributed by atoms with E-state index in [1.165, 1.54) is 12.1 Å². The van der Waals surface area contributed by atoms with Gasteiger partial charge in [-0.2, -0.15) is 13.2 Å². The standard InChI is InChI=1S/C38H43F3N2O10S/c1-4-17-37(18-16-23-10-7-6-8-11-23)31(52-29-22-51-34(36(47)50-3)33(45)32(29)44)20-28(35(46)53-37)27(5-2)24-12-9-13-25(19-24)43-54(48,49)26-14-15-30(42-21-26)38(39,40)41/h6-15,19-21,27,29,31-34,43-45H,4-5,16-18,22H2,1-3H3/t27-,29+,31?,32-,33+,34+,37-/m1/s1. The van der Waals surface area contributed by atoms with E-state index in [0.29, 0.717) is 49.9 Å². The summed E-state index contributed by atoms with van der Waals surface area (Å²) in [4.78, 5) is 29.0. The number of rotatable bonds is 14. The Hall–Kier alpha value is -4.35. The average molecular weight is 777 g/mol. The van der Waals surface area contributed by atoms with E-state index >= 15 is 0 Å². The van der Waals surface area contributed by atoms with E-state index in [1.807, 2.05) is 44.2 Å². The van der Waals surface area contributed by atoms with E-state index < -0.39 is 80.8 Å². The number of carbonyl (C=O) groups excluding carboxylic acids is 2. The molecule has 5 rings (SSSR count). The van der Waals surface area contributed by atoms with Crippen molar-refractivity contribution >= 4 is 27.6 Å². The highest BCUT2D eigenvalue weighted by Gasteiger charge is 2.51. The van der Waals surface area contributed by atoms with Crippen molar-refractivity contribution in [3.05, 3.63) is 101 Å². The maximum Gasteiger partial charge on any atom is 0.433 e. The Bertz CT molecular complexity index is 1910. The highest BCUT2D eigenvalue weighted by molar-refractivity contribution is 7.92. The van der Waals surface area contributed by atoms with Crippen LogP contribution >= 0.6 is 0 Å². The molecule has 3 N–H and O–H groups in total. The van der Waals surface area contributed by atoms with E-state index in [9.17, 15) is 41.4 Å². The van der Waals surface area contributed by atoms with Crippen LogP contribution in [0.4, 0.5) is 18.9 Å². The zero-order chi connectivity index (χ0) is 39.3. The Morgan fingerprint density at radius 3 is 2.43 bits per heavy atom. The van der Waals surface area contributed by atoms with Gasteiger partial charge in [0.25, 0.3) is 10.0 Å². The summed E-state index contributed by atoms with van der Waals surface area (Å²) in [6.07, 6.45) is -7.03. The molecule has 3 aromatic rings. The van der Waals surface area contributed by atoms with Crippen LogP contribution in [0.3, 0.4) is 0 Å². The number of hydrogen-bond donors (Lipinski definition) is 3. The Morgan fingerprint density at radius 1 is 1.06 bits per heavy atom. The summed E-state index contributed by atoms with van der Waals surface area (Å²) in [5, 5.41) is 21.9. The molecule has 12 nitrogen and oxygen atoms in total. The van der Waals surface area contributed by atoms with E-state index in [1.54, 1.807) is 18.2 Å². The van der Waals surface area contributed by atoms with Gasteiger partial charge in [-0.15, -0.1) is 0 Å². The number of aliphatic hydroxyl groups is 2. The molecule has 2 aliphatic heterocycles. The van der Waals surface area contributed by atoms with Crippen LogP contribution in [-0.4, -0.2) is 85.4 Å². The molecule has 3 heterocycles. The monoisotopic (exact) mass is 776 g/mol. The molecule has 7 atom stereocenters. The fraction of sp³-hybridized carbons (Fsp3) is 0.447. The van der Waals surface area contributed by atoms with Crippen LogP contribution in [0.5, 0.6) is 0 Å². The van der Waals surface area contributed by atoms with Crippen molar-refractivity contribution in [3.63, 3.8) is 0 Å². The third-order valence-electron chi connectivity index (χ3n) is 9.63. The zero-order valence-corrected chi connectivity index (χ0v) is 30.7. The Balaban J connectivity index is 1.48. The van der Waals surface area contributed by atoms with Gasteiger partial charge in [-0.25, -0.2) is 18.0 Å². The lowest BCUT2D eigenvalue weighted by atomic mass is 9.79. The molecule has 54 heavy (non-hydrogen) atoms. The fourth-order valence-electron chi connectivity index (χ4n) is 6.84. The average Bonchev–Trinajstić information content (AvgIpc) is 3.14. The number of anilines is 1. The number of esters is 2. The van der Waals surface area contributed by atoms with Crippen molar-refractivity contribution in [2.75, 3.05) is 18.4 Å². The molecular weight excluding hydrogens is 733 g/mol. The normalized spacial score (nSPS) is 25.3. The van der Waals surface area contributed by atoms with E-state index in [4.69, 9.17) is 18.9 Å². The highest BCUT2D eigenvalue weighted by atomic mass is 32.2. The second kappa shape index (κ2) is 17.0. The first-order valence-electron chi connectivity index (χ1n) is 17.5. The van der Waals surface area contributed by atoms with Crippen molar-refractivity contribution in [2.45, 2.75) is 99.1 Å². The van der Waals surface area contributed by atoms with Gasteiger partial charge in [-0.05, 0) is 67.2 Å². The number of nitrogens with one attached hydrogen (secondary N) is 1. The van der Waals surface area contributed by atoms with Crippen LogP contribution in [0.15, 0.2) is 89.5 Å². The second-order valence-corrected chi connectivity index (χ2v) is 14.9. The Morgan fingerprint density at radius 2 is 1.80 bits per heavy atom. The molecule has 1 fully saturated rings. The van der Waals surface area contributed by atoms with Crippen LogP contribution < -0.4 is 4.72 Å². The molecular formula is C38H43F3N2O10S. The third-order valence-corrected chi connectivity index (χ3v) is 11.0. The van der Waals surface area contributed by atoms with Crippen molar-refractivity contribution in [3.8, 4) is 0 Å². The van der Waals surface area contributed by atoms with Crippen LogP contribution in [0.1, 0.15) is 62.3 Å². The summed E-state index contributed by atoms with van der Waals surface area (Å²) < 4.78 is 90.7. The maximum atomic E-state index is 14.1. The van der Waals surface area contributed by atoms with Crippen LogP contribution in [0, 0.1) is 0 Å². The van der Waals surface area contributed by atoms with Gasteiger partial charge >= 0.3 is 18.1 Å². The van der Waals surface area contributed by atoms with E-state index in [-0.39, 0.29) is 17.9 Å². The quantitative estimate of drug-likeness (QED) is 0.186. The zero-order valence-electron chi connectivity index (χ0n) is 29.9. The summed E-state index contributed by atoms with van der Waals surface area (Å²) >= 11 is 0. The SMILES string of the molecule is CCC[C@]1(CCc2ccccc2)OC(=O)C([C@H](CC)c2cccc(NS(=O)(=O)c3ccc(C(F)(F)F)nc3)c2)=CC1O[C@H]1CO[C@H](C(=O)OC)[C@@H](O)[C@@H]1O. The van der Waals surface area contributed by atoms with Gasteiger partial charge in [-0.3, -0.25) is 9.71 Å². The van der Waals surface area contributed by atoms with Gasteiger partial charge in [-0.1, -0.05) is 62.7 Å². The summed E-state index contributed by atoms with van der Waals surface area (Å²) in [7, 11) is -3.22.